The average Bonchev–Trinajstić information content (AvgIpc) is 3.37. The van der Waals surface area contributed by atoms with Crippen molar-refractivity contribution in [1.82, 2.24) is 10.2 Å². The van der Waals surface area contributed by atoms with Gasteiger partial charge in [0.25, 0.3) is 0 Å². The smallest absolute Gasteiger partial charge is 0.241 e. The summed E-state index contributed by atoms with van der Waals surface area (Å²) in [5, 5.41) is 12.7. The molecule has 2 N–H and O–H groups in total. The second-order valence-corrected chi connectivity index (χ2v) is 7.75. The third kappa shape index (κ3) is 2.92. The molecule has 0 radical (unpaired) electrons. The number of aliphatic hydroxyl groups excluding tert-OH is 1. The van der Waals surface area contributed by atoms with Crippen molar-refractivity contribution in [3.8, 4) is 0 Å². The van der Waals surface area contributed by atoms with Crippen LogP contribution in [-0.2, 0) is 16.0 Å². The number of hydrogen-bond acceptors (Lipinski definition) is 5. The minimum atomic E-state index is -0.619. The zero-order valence-electron chi connectivity index (χ0n) is 14.5. The van der Waals surface area contributed by atoms with Crippen LogP contribution in [0, 0.1) is 5.92 Å². The number of aliphatic hydroxyl groups is 1. The highest BCUT2D eigenvalue weighted by atomic mass is 32.1. The highest BCUT2D eigenvalue weighted by Crippen LogP contribution is 2.30. The molecular weight excluding hydrogens is 348 g/mol. The number of carbonyl (C=O) groups excluding carboxylic acids is 2. The maximum absolute atomic E-state index is 13.2. The predicted octanol–water partition coefficient (Wildman–Crippen LogP) is 1.14. The summed E-state index contributed by atoms with van der Waals surface area (Å²) in [6.07, 6.45) is 4.20. The number of benzene rings is 1. The molecule has 1 aromatic carbocycles. The van der Waals surface area contributed by atoms with Crippen LogP contribution in [0.4, 0.5) is 0 Å². The van der Waals surface area contributed by atoms with Crippen LogP contribution in [0.15, 0.2) is 29.8 Å². The van der Waals surface area contributed by atoms with Crippen LogP contribution < -0.4 is 5.32 Å². The molecule has 136 valence electrons. The van der Waals surface area contributed by atoms with Crippen LogP contribution in [0.1, 0.15) is 24.0 Å². The van der Waals surface area contributed by atoms with Crippen molar-refractivity contribution in [3.63, 3.8) is 0 Å². The molecule has 0 bridgehead atoms. The Morgan fingerprint density at radius 2 is 2.12 bits per heavy atom. The minimum absolute atomic E-state index is 0.0397. The number of likely N-dealkylation sites (tertiary alicyclic amines) is 1. The molecule has 4 rings (SSSR count). The number of Topliss-reactive ketones (excluding diaryl/α,β-unsaturated/α-hetero) is 1. The van der Waals surface area contributed by atoms with E-state index < -0.39 is 12.0 Å². The van der Waals surface area contributed by atoms with Crippen molar-refractivity contribution in [2.75, 3.05) is 19.7 Å². The largest absolute Gasteiger partial charge is 0.394 e. The quantitative estimate of drug-likeness (QED) is 0.778. The lowest BCUT2D eigenvalue weighted by Gasteiger charge is -2.28. The number of carbonyl (C=O) groups is 2. The van der Waals surface area contributed by atoms with E-state index in [9.17, 15) is 14.7 Å². The molecule has 3 aliphatic rings. The summed E-state index contributed by atoms with van der Waals surface area (Å²) in [4.78, 5) is 28.5. The number of nitrogens with one attached hydrogen (secondary N) is 1. The highest BCUT2D eigenvalue weighted by Gasteiger charge is 2.45. The van der Waals surface area contributed by atoms with Crippen molar-refractivity contribution in [3.05, 3.63) is 41.0 Å². The summed E-state index contributed by atoms with van der Waals surface area (Å²) in [6, 6.07) is 7.18. The van der Waals surface area contributed by atoms with Gasteiger partial charge in [0.05, 0.1) is 18.6 Å². The normalized spacial score (nSPS) is 27.6. The Bertz CT molecular complexity index is 804. The molecule has 0 aromatic heterocycles. The van der Waals surface area contributed by atoms with E-state index in [1.54, 1.807) is 4.90 Å². The van der Waals surface area contributed by atoms with Crippen LogP contribution in [-0.4, -0.2) is 58.3 Å². The van der Waals surface area contributed by atoms with Crippen LogP contribution in [0.5, 0.6) is 0 Å². The van der Waals surface area contributed by atoms with Crippen LogP contribution in [0.3, 0.4) is 0 Å². The molecule has 3 atom stereocenters. The first-order valence-electron chi connectivity index (χ1n) is 9.10. The topological polar surface area (TPSA) is 69.6 Å². The zero-order valence-corrected chi connectivity index (χ0v) is 15.3. The molecule has 2 fully saturated rings. The number of allylic oxidation sites excluding steroid dienone is 1. The summed E-state index contributed by atoms with van der Waals surface area (Å²) >= 11 is 5.44. The van der Waals surface area contributed by atoms with E-state index in [-0.39, 0.29) is 24.3 Å². The lowest BCUT2D eigenvalue weighted by Crippen LogP contribution is -2.50. The molecule has 2 heterocycles. The Kier molecular flexibility index (Phi) is 4.73. The molecule has 2 saturated heterocycles. The van der Waals surface area contributed by atoms with Gasteiger partial charge in [-0.15, -0.1) is 0 Å². The monoisotopic (exact) mass is 370 g/mol. The number of ketones is 1. The Balaban J connectivity index is 1.56. The van der Waals surface area contributed by atoms with Gasteiger partial charge in [0, 0.05) is 29.9 Å². The fraction of sp³-hybridized carbons (Fsp3) is 0.450. The predicted molar refractivity (Wildman–Crippen MR) is 103 cm³/mol. The number of thiocarbonyl (C=S) groups is 1. The lowest BCUT2D eigenvalue weighted by atomic mass is 9.89. The Hall–Kier alpha value is -1.89. The van der Waals surface area contributed by atoms with Crippen LogP contribution >= 0.6 is 12.2 Å². The van der Waals surface area contributed by atoms with Gasteiger partial charge in [-0.1, -0.05) is 36.5 Å². The molecular formula is C20H22N2O3S. The van der Waals surface area contributed by atoms with Crippen molar-refractivity contribution in [1.29, 1.82) is 0 Å². The van der Waals surface area contributed by atoms with Gasteiger partial charge in [-0.25, -0.2) is 0 Å². The summed E-state index contributed by atoms with van der Waals surface area (Å²) in [5.41, 5.74) is 2.92. The number of fused-ring (bicyclic) bond motifs is 1. The van der Waals surface area contributed by atoms with Crippen LogP contribution in [0.25, 0.3) is 6.08 Å². The van der Waals surface area contributed by atoms with E-state index in [1.165, 1.54) is 0 Å². The fourth-order valence-electron chi connectivity index (χ4n) is 4.28. The number of hydrogen-bond donors (Lipinski definition) is 2. The first-order chi connectivity index (χ1) is 12.6. The van der Waals surface area contributed by atoms with E-state index in [0.29, 0.717) is 24.4 Å². The minimum Gasteiger partial charge on any atom is -0.394 e. The van der Waals surface area contributed by atoms with Crippen molar-refractivity contribution in [2.24, 2.45) is 5.92 Å². The lowest BCUT2D eigenvalue weighted by molar-refractivity contribution is -0.137. The molecule has 1 aromatic rings. The zero-order chi connectivity index (χ0) is 18.3. The highest BCUT2D eigenvalue weighted by molar-refractivity contribution is 7.80. The molecule has 1 aliphatic carbocycles. The summed E-state index contributed by atoms with van der Waals surface area (Å²) < 4.78 is 0. The molecule has 6 heteroatoms. The van der Waals surface area contributed by atoms with Gasteiger partial charge >= 0.3 is 0 Å². The Labute approximate surface area is 158 Å². The van der Waals surface area contributed by atoms with Crippen molar-refractivity contribution in [2.45, 2.75) is 31.3 Å². The Morgan fingerprint density at radius 3 is 2.88 bits per heavy atom. The van der Waals surface area contributed by atoms with E-state index in [0.717, 1.165) is 29.5 Å². The molecule has 5 nitrogen and oxygen atoms in total. The van der Waals surface area contributed by atoms with Crippen LogP contribution in [0.2, 0.25) is 0 Å². The first kappa shape index (κ1) is 17.5. The molecule has 1 amide bonds. The van der Waals surface area contributed by atoms with Gasteiger partial charge in [-0.3, -0.25) is 9.59 Å². The van der Waals surface area contributed by atoms with Gasteiger partial charge in [0.2, 0.25) is 5.91 Å². The van der Waals surface area contributed by atoms with Gasteiger partial charge in [-0.2, -0.15) is 0 Å². The molecule has 1 unspecified atom stereocenters. The maximum Gasteiger partial charge on any atom is 0.241 e. The van der Waals surface area contributed by atoms with Gasteiger partial charge < -0.3 is 15.3 Å². The van der Waals surface area contributed by atoms with E-state index in [1.807, 2.05) is 30.3 Å². The van der Waals surface area contributed by atoms with E-state index in [4.69, 9.17) is 12.2 Å². The molecule has 0 spiro atoms. The Morgan fingerprint density at radius 1 is 1.31 bits per heavy atom. The third-order valence-electron chi connectivity index (χ3n) is 5.68. The summed E-state index contributed by atoms with van der Waals surface area (Å²) in [5.74, 6) is -0.761. The number of rotatable bonds is 4. The summed E-state index contributed by atoms with van der Waals surface area (Å²) in [6.45, 7) is 0.992. The SMILES string of the molecule is O=C(C1=Cc2ccccc2C1)C1C(=S)CN[C@@H]1C(=O)N1CCC[C@H]1CO. The van der Waals surface area contributed by atoms with E-state index in [2.05, 4.69) is 5.32 Å². The van der Waals surface area contributed by atoms with Crippen molar-refractivity contribution >= 4 is 34.8 Å². The van der Waals surface area contributed by atoms with Crippen molar-refractivity contribution < 1.29 is 14.7 Å². The van der Waals surface area contributed by atoms with E-state index >= 15 is 0 Å². The third-order valence-corrected chi connectivity index (χ3v) is 6.08. The first-order valence-corrected chi connectivity index (χ1v) is 9.51. The number of nitrogens with zero attached hydrogens (tertiary/aromatic N) is 1. The molecule has 26 heavy (non-hydrogen) atoms. The van der Waals surface area contributed by atoms with Gasteiger partial charge in [0.15, 0.2) is 5.78 Å². The number of amides is 1. The fourth-order valence-corrected chi connectivity index (χ4v) is 4.61. The van der Waals surface area contributed by atoms with Gasteiger partial charge in [-0.05, 0) is 30.0 Å². The standard InChI is InChI=1S/C20H22N2O3S/c23-11-15-6-3-7-22(15)20(25)18-17(16(26)10-21-18)19(24)14-8-12-4-1-2-5-13(12)9-14/h1-2,4-5,8,15,17-18,21,23H,3,6-7,9-11H2/t15-,17?,18-/m0/s1. The average molecular weight is 370 g/mol. The van der Waals surface area contributed by atoms with Gasteiger partial charge in [0.1, 0.15) is 6.04 Å². The molecule has 2 aliphatic heterocycles. The maximum atomic E-state index is 13.2. The second-order valence-electron chi connectivity index (χ2n) is 7.22. The second kappa shape index (κ2) is 7.02. The molecule has 0 saturated carbocycles. The summed E-state index contributed by atoms with van der Waals surface area (Å²) in [7, 11) is 0.